The summed E-state index contributed by atoms with van der Waals surface area (Å²) >= 11 is 0. The summed E-state index contributed by atoms with van der Waals surface area (Å²) < 4.78 is 0. The van der Waals surface area contributed by atoms with Crippen LogP contribution in [0, 0.1) is 11.8 Å². The Balaban J connectivity index is 2.48. The quantitative estimate of drug-likeness (QED) is 0.767. The molecule has 1 unspecified atom stereocenters. The monoisotopic (exact) mass is 242 g/mol. The van der Waals surface area contributed by atoms with Crippen LogP contribution in [-0.4, -0.2) is 60.3 Å². The van der Waals surface area contributed by atoms with E-state index >= 15 is 0 Å². The van der Waals surface area contributed by atoms with Gasteiger partial charge in [0, 0.05) is 45.4 Å². The maximum atomic E-state index is 9.19. The van der Waals surface area contributed by atoms with Crippen LogP contribution in [0.1, 0.15) is 34.1 Å². The number of hydrogen-bond donors (Lipinski definition) is 1. The van der Waals surface area contributed by atoms with Gasteiger partial charge in [-0.15, -0.1) is 0 Å². The minimum absolute atomic E-state index is 0.314. The van der Waals surface area contributed by atoms with Crippen LogP contribution in [0.25, 0.3) is 0 Å². The number of aliphatic hydroxyl groups is 1. The van der Waals surface area contributed by atoms with Gasteiger partial charge in [-0.05, 0) is 18.3 Å². The van der Waals surface area contributed by atoms with Crippen LogP contribution in [-0.2, 0) is 0 Å². The second kappa shape index (κ2) is 7.34. The highest BCUT2D eigenvalue weighted by Gasteiger charge is 2.26. The summed E-state index contributed by atoms with van der Waals surface area (Å²) in [7, 11) is 0. The molecule has 3 nitrogen and oxygen atoms in total. The number of aliphatic hydroxyl groups excluding tert-OH is 1. The van der Waals surface area contributed by atoms with E-state index in [1.807, 2.05) is 0 Å². The summed E-state index contributed by atoms with van der Waals surface area (Å²) in [5.41, 5.74) is 0. The molecule has 1 heterocycles. The Morgan fingerprint density at radius 2 is 1.71 bits per heavy atom. The number of piperazine rings is 1. The lowest BCUT2D eigenvalue weighted by Gasteiger charge is -2.42. The van der Waals surface area contributed by atoms with Crippen LogP contribution < -0.4 is 0 Å². The molecule has 1 fully saturated rings. The van der Waals surface area contributed by atoms with Crippen molar-refractivity contribution in [2.75, 3.05) is 39.3 Å². The first-order chi connectivity index (χ1) is 8.02. The fourth-order valence-corrected chi connectivity index (χ4v) is 2.77. The fraction of sp³-hybridized carbons (Fsp3) is 1.00. The van der Waals surface area contributed by atoms with Gasteiger partial charge in [0.05, 0.1) is 0 Å². The summed E-state index contributed by atoms with van der Waals surface area (Å²) in [6.45, 7) is 15.3. The normalized spacial score (nSPS) is 23.8. The molecule has 0 saturated carbocycles. The highest BCUT2D eigenvalue weighted by molar-refractivity contribution is 4.82. The molecular formula is C14H30N2O. The van der Waals surface area contributed by atoms with E-state index in [-0.39, 0.29) is 0 Å². The van der Waals surface area contributed by atoms with Crippen molar-refractivity contribution in [2.24, 2.45) is 11.8 Å². The minimum Gasteiger partial charge on any atom is -0.396 e. The maximum absolute atomic E-state index is 9.19. The van der Waals surface area contributed by atoms with Crippen LogP contribution in [0.3, 0.4) is 0 Å². The van der Waals surface area contributed by atoms with Crippen molar-refractivity contribution in [3.63, 3.8) is 0 Å². The van der Waals surface area contributed by atoms with E-state index in [9.17, 15) is 5.11 Å². The number of hydrogen-bond acceptors (Lipinski definition) is 3. The summed E-state index contributed by atoms with van der Waals surface area (Å²) in [5.74, 6) is 1.45. The van der Waals surface area contributed by atoms with Crippen LogP contribution in [0.5, 0.6) is 0 Å². The highest BCUT2D eigenvalue weighted by Crippen LogP contribution is 2.15. The van der Waals surface area contributed by atoms with Crippen LogP contribution >= 0.6 is 0 Å². The molecule has 0 radical (unpaired) electrons. The maximum Gasteiger partial charge on any atom is 0.0446 e. The van der Waals surface area contributed by atoms with E-state index in [1.165, 1.54) is 19.6 Å². The standard InChI is InChI=1S/C14H30N2O/c1-12(2)9-15-6-7-16(10-13(3)4)14(11-15)5-8-17/h12-14,17H,5-11H2,1-4H3. The molecule has 0 aromatic rings. The molecule has 102 valence electrons. The van der Waals surface area contributed by atoms with Gasteiger partial charge in [0.15, 0.2) is 0 Å². The number of nitrogens with zero attached hydrogens (tertiary/aromatic N) is 2. The first-order valence-corrected chi connectivity index (χ1v) is 7.10. The van der Waals surface area contributed by atoms with Crippen molar-refractivity contribution >= 4 is 0 Å². The van der Waals surface area contributed by atoms with Crippen molar-refractivity contribution < 1.29 is 5.11 Å². The molecule has 0 spiro atoms. The van der Waals surface area contributed by atoms with Gasteiger partial charge >= 0.3 is 0 Å². The average Bonchev–Trinajstić information content (AvgIpc) is 2.21. The zero-order chi connectivity index (χ0) is 12.8. The van der Waals surface area contributed by atoms with Gasteiger partial charge in [0.25, 0.3) is 0 Å². The zero-order valence-electron chi connectivity index (χ0n) is 12.0. The Kier molecular flexibility index (Phi) is 6.45. The molecule has 0 aromatic carbocycles. The third-order valence-electron chi connectivity index (χ3n) is 3.37. The summed E-state index contributed by atoms with van der Waals surface area (Å²) in [6.07, 6.45) is 0.918. The van der Waals surface area contributed by atoms with E-state index in [4.69, 9.17) is 0 Å². The van der Waals surface area contributed by atoms with Gasteiger partial charge in [-0.25, -0.2) is 0 Å². The lowest BCUT2D eigenvalue weighted by molar-refractivity contribution is 0.0461. The van der Waals surface area contributed by atoms with Crippen molar-refractivity contribution in [1.29, 1.82) is 0 Å². The molecule has 1 aliphatic rings. The number of rotatable bonds is 6. The van der Waals surface area contributed by atoms with Gasteiger partial charge in [0.2, 0.25) is 0 Å². The average molecular weight is 242 g/mol. The van der Waals surface area contributed by atoms with Crippen LogP contribution in [0.15, 0.2) is 0 Å². The summed E-state index contributed by atoms with van der Waals surface area (Å²) in [6, 6.07) is 0.551. The van der Waals surface area contributed by atoms with Gasteiger partial charge in [-0.3, -0.25) is 4.90 Å². The molecular weight excluding hydrogens is 212 g/mol. The molecule has 0 aromatic heterocycles. The molecule has 17 heavy (non-hydrogen) atoms. The topological polar surface area (TPSA) is 26.7 Å². The molecule has 1 aliphatic heterocycles. The molecule has 1 saturated heterocycles. The van der Waals surface area contributed by atoms with E-state index in [0.29, 0.717) is 18.6 Å². The van der Waals surface area contributed by atoms with E-state index in [2.05, 4.69) is 37.5 Å². The van der Waals surface area contributed by atoms with Crippen LogP contribution in [0.4, 0.5) is 0 Å². The largest absolute Gasteiger partial charge is 0.396 e. The Morgan fingerprint density at radius 1 is 1.06 bits per heavy atom. The van der Waals surface area contributed by atoms with Crippen molar-refractivity contribution in [2.45, 2.75) is 40.2 Å². The molecule has 0 aliphatic carbocycles. The summed E-state index contributed by atoms with van der Waals surface area (Å²) in [5, 5.41) is 9.19. The smallest absolute Gasteiger partial charge is 0.0446 e. The molecule has 1 atom stereocenters. The second-order valence-electron chi connectivity index (χ2n) is 6.21. The van der Waals surface area contributed by atoms with E-state index < -0.39 is 0 Å². The predicted octanol–water partition coefficient (Wildman–Crippen LogP) is 1.67. The first kappa shape index (κ1) is 14.9. The third kappa shape index (κ3) is 5.36. The molecule has 1 N–H and O–H groups in total. The predicted molar refractivity (Wildman–Crippen MR) is 73.2 cm³/mol. The van der Waals surface area contributed by atoms with Gasteiger partial charge < -0.3 is 10.0 Å². The van der Waals surface area contributed by atoms with Gasteiger partial charge in [-0.2, -0.15) is 0 Å². The SMILES string of the molecule is CC(C)CN1CCN(CC(C)C)C(CCO)C1. The summed E-state index contributed by atoms with van der Waals surface area (Å²) in [4.78, 5) is 5.12. The molecule has 0 amide bonds. The molecule has 3 heteroatoms. The highest BCUT2D eigenvalue weighted by atomic mass is 16.3. The Morgan fingerprint density at radius 3 is 2.24 bits per heavy atom. The van der Waals surface area contributed by atoms with Crippen molar-refractivity contribution in [3.8, 4) is 0 Å². The molecule has 1 rings (SSSR count). The third-order valence-corrected chi connectivity index (χ3v) is 3.37. The van der Waals surface area contributed by atoms with E-state index in [0.717, 1.165) is 25.4 Å². The van der Waals surface area contributed by atoms with Gasteiger partial charge in [0.1, 0.15) is 0 Å². The Labute approximate surface area is 107 Å². The lowest BCUT2D eigenvalue weighted by atomic mass is 10.0. The fourth-order valence-electron chi connectivity index (χ4n) is 2.77. The second-order valence-corrected chi connectivity index (χ2v) is 6.21. The Bertz CT molecular complexity index is 206. The Hall–Kier alpha value is -0.120. The zero-order valence-corrected chi connectivity index (χ0v) is 12.0. The van der Waals surface area contributed by atoms with Gasteiger partial charge in [-0.1, -0.05) is 27.7 Å². The molecule has 0 bridgehead atoms. The minimum atomic E-state index is 0.314. The van der Waals surface area contributed by atoms with Crippen LogP contribution in [0.2, 0.25) is 0 Å². The lowest BCUT2D eigenvalue weighted by Crippen LogP contribution is -2.54. The first-order valence-electron chi connectivity index (χ1n) is 7.10. The van der Waals surface area contributed by atoms with Crippen molar-refractivity contribution in [1.82, 2.24) is 9.80 Å². The van der Waals surface area contributed by atoms with Crippen molar-refractivity contribution in [3.05, 3.63) is 0 Å². The van der Waals surface area contributed by atoms with E-state index in [1.54, 1.807) is 0 Å².